The van der Waals surface area contributed by atoms with Crippen LogP contribution in [0.5, 0.6) is 0 Å². The van der Waals surface area contributed by atoms with Gasteiger partial charge in [-0.1, -0.05) is 0 Å². The number of aromatic nitrogens is 2. The molecular formula is C21H24F3N3O2S. The van der Waals surface area contributed by atoms with Gasteiger partial charge in [-0.2, -0.15) is 0 Å². The zero-order valence-corrected chi connectivity index (χ0v) is 17.5. The molecule has 1 aromatic heterocycles. The average molecular weight is 440 g/mol. The summed E-state index contributed by atoms with van der Waals surface area (Å²) in [5.41, 5.74) is 1.48. The van der Waals surface area contributed by atoms with Crippen LogP contribution in [0.1, 0.15) is 42.1 Å². The topological polar surface area (TPSA) is 48.2 Å². The number of hydrogen-bond acceptors (Lipinski definition) is 3. The van der Waals surface area contributed by atoms with Gasteiger partial charge in [-0.25, -0.2) is 13.2 Å². The van der Waals surface area contributed by atoms with Crippen LogP contribution in [0.3, 0.4) is 0 Å². The fraction of sp³-hybridized carbons (Fsp3) is 0.524. The van der Waals surface area contributed by atoms with Crippen molar-refractivity contribution in [1.29, 1.82) is 0 Å². The number of imidazole rings is 1. The SMILES string of the molecule is Cn1c(CCC(=O)N[C@@H]2CCCOC2)c2n(c1=S)C[C@@H](c1c(F)ccc(F)c1F)C2. The van der Waals surface area contributed by atoms with E-state index >= 15 is 0 Å². The molecule has 0 bridgehead atoms. The third-order valence-corrected chi connectivity index (χ3v) is 6.52. The molecular weight excluding hydrogens is 415 g/mol. The summed E-state index contributed by atoms with van der Waals surface area (Å²) >= 11 is 5.49. The molecule has 2 aliphatic rings. The summed E-state index contributed by atoms with van der Waals surface area (Å²) in [4.78, 5) is 12.4. The summed E-state index contributed by atoms with van der Waals surface area (Å²) in [5.74, 6) is -3.55. The zero-order chi connectivity index (χ0) is 21.4. The van der Waals surface area contributed by atoms with Gasteiger partial charge in [0.2, 0.25) is 5.91 Å². The first-order valence-electron chi connectivity index (χ1n) is 10.1. The van der Waals surface area contributed by atoms with Gasteiger partial charge in [-0.15, -0.1) is 0 Å². The van der Waals surface area contributed by atoms with Gasteiger partial charge < -0.3 is 19.2 Å². The number of amides is 1. The summed E-state index contributed by atoms with van der Waals surface area (Å²) in [7, 11) is 1.83. The molecule has 0 spiro atoms. The molecule has 1 amide bonds. The number of nitrogens with one attached hydrogen (secondary N) is 1. The molecule has 0 saturated carbocycles. The predicted octanol–water partition coefficient (Wildman–Crippen LogP) is 3.54. The molecule has 0 aliphatic carbocycles. The van der Waals surface area contributed by atoms with E-state index in [1.54, 1.807) is 0 Å². The Morgan fingerprint density at radius 3 is 2.80 bits per heavy atom. The van der Waals surface area contributed by atoms with E-state index in [2.05, 4.69) is 5.32 Å². The first-order valence-corrected chi connectivity index (χ1v) is 10.6. The Labute approximate surface area is 177 Å². The van der Waals surface area contributed by atoms with Gasteiger partial charge in [0.15, 0.2) is 16.4 Å². The fourth-order valence-electron chi connectivity index (χ4n) is 4.50. The number of halogens is 3. The molecule has 2 aromatic rings. The third-order valence-electron chi connectivity index (χ3n) is 6.03. The minimum absolute atomic E-state index is 0.0394. The monoisotopic (exact) mass is 439 g/mol. The molecule has 0 unspecified atom stereocenters. The number of benzene rings is 1. The third kappa shape index (κ3) is 3.92. The molecule has 3 heterocycles. The first kappa shape index (κ1) is 21.1. The fourth-order valence-corrected chi connectivity index (χ4v) is 4.80. The summed E-state index contributed by atoms with van der Waals surface area (Å²) in [6, 6.07) is 1.79. The maximum atomic E-state index is 14.3. The number of nitrogens with zero attached hydrogens (tertiary/aromatic N) is 2. The lowest BCUT2D eigenvalue weighted by Gasteiger charge is -2.23. The van der Waals surface area contributed by atoms with Crippen LogP contribution in [0.25, 0.3) is 0 Å². The van der Waals surface area contributed by atoms with Crippen molar-refractivity contribution in [1.82, 2.24) is 14.5 Å². The lowest BCUT2D eigenvalue weighted by molar-refractivity contribution is -0.122. The molecule has 5 nitrogen and oxygen atoms in total. The molecule has 30 heavy (non-hydrogen) atoms. The highest BCUT2D eigenvalue weighted by molar-refractivity contribution is 7.71. The van der Waals surface area contributed by atoms with Gasteiger partial charge in [-0.3, -0.25) is 4.79 Å². The molecule has 1 aromatic carbocycles. The number of carbonyl (C=O) groups is 1. The Morgan fingerprint density at radius 2 is 2.07 bits per heavy atom. The minimum Gasteiger partial charge on any atom is -0.379 e. The predicted molar refractivity (Wildman–Crippen MR) is 107 cm³/mol. The van der Waals surface area contributed by atoms with E-state index in [-0.39, 0.29) is 30.5 Å². The van der Waals surface area contributed by atoms with Gasteiger partial charge in [0.1, 0.15) is 5.82 Å². The second-order valence-electron chi connectivity index (χ2n) is 7.99. The largest absolute Gasteiger partial charge is 0.379 e. The molecule has 2 atom stereocenters. The Hall–Kier alpha value is -2.13. The molecule has 2 aliphatic heterocycles. The first-order chi connectivity index (χ1) is 14.4. The van der Waals surface area contributed by atoms with Crippen molar-refractivity contribution in [3.63, 3.8) is 0 Å². The molecule has 162 valence electrons. The van der Waals surface area contributed by atoms with E-state index in [1.807, 2.05) is 16.2 Å². The summed E-state index contributed by atoms with van der Waals surface area (Å²) in [6.45, 7) is 1.54. The van der Waals surface area contributed by atoms with Crippen LogP contribution in [-0.2, 0) is 36.0 Å². The summed E-state index contributed by atoms with van der Waals surface area (Å²) in [6.07, 6.45) is 2.92. The van der Waals surface area contributed by atoms with Crippen molar-refractivity contribution >= 4 is 18.1 Å². The Morgan fingerprint density at radius 1 is 1.30 bits per heavy atom. The van der Waals surface area contributed by atoms with E-state index < -0.39 is 23.4 Å². The van der Waals surface area contributed by atoms with E-state index in [0.717, 1.165) is 43.0 Å². The van der Waals surface area contributed by atoms with Crippen molar-refractivity contribution in [2.75, 3.05) is 13.2 Å². The van der Waals surface area contributed by atoms with Gasteiger partial charge in [0, 0.05) is 49.5 Å². The van der Waals surface area contributed by atoms with E-state index in [0.29, 0.717) is 24.2 Å². The van der Waals surface area contributed by atoms with Crippen LogP contribution in [0, 0.1) is 22.2 Å². The number of hydrogen-bond donors (Lipinski definition) is 1. The second kappa shape index (κ2) is 8.55. The average Bonchev–Trinajstić information content (AvgIpc) is 3.24. The van der Waals surface area contributed by atoms with Gasteiger partial charge in [0.25, 0.3) is 0 Å². The van der Waals surface area contributed by atoms with Gasteiger partial charge >= 0.3 is 0 Å². The van der Waals surface area contributed by atoms with Crippen LogP contribution >= 0.6 is 12.2 Å². The molecule has 4 rings (SSSR count). The Kier molecular flexibility index (Phi) is 6.02. The Balaban J connectivity index is 1.49. The standard InChI is InChI=1S/C21H24F3N3O2S/c1-26-16(6-7-18(28)25-13-3-2-8-29-11-13)17-9-12(10-27(17)21(26)30)19-14(22)4-5-15(23)20(19)24/h4-5,12-13H,2-3,6-11H2,1H3,(H,25,28)/t12-,13+/m0/s1. The summed E-state index contributed by atoms with van der Waals surface area (Å²) < 4.78 is 51.8. The van der Waals surface area contributed by atoms with Crippen LogP contribution in [0.15, 0.2) is 12.1 Å². The van der Waals surface area contributed by atoms with Crippen molar-refractivity contribution < 1.29 is 22.7 Å². The quantitative estimate of drug-likeness (QED) is 0.573. The Bertz CT molecular complexity index is 1030. The highest BCUT2D eigenvalue weighted by atomic mass is 32.1. The van der Waals surface area contributed by atoms with Crippen LogP contribution < -0.4 is 5.32 Å². The van der Waals surface area contributed by atoms with Crippen molar-refractivity contribution in [3.05, 3.63) is 51.3 Å². The van der Waals surface area contributed by atoms with Crippen molar-refractivity contribution in [2.45, 2.75) is 50.6 Å². The molecule has 0 radical (unpaired) electrons. The lowest BCUT2D eigenvalue weighted by Crippen LogP contribution is -2.40. The van der Waals surface area contributed by atoms with Gasteiger partial charge in [-0.05, 0) is 50.0 Å². The van der Waals surface area contributed by atoms with Crippen molar-refractivity contribution in [3.8, 4) is 0 Å². The van der Waals surface area contributed by atoms with E-state index in [4.69, 9.17) is 17.0 Å². The van der Waals surface area contributed by atoms with Crippen molar-refractivity contribution in [2.24, 2.45) is 7.05 Å². The zero-order valence-electron chi connectivity index (χ0n) is 16.7. The van der Waals surface area contributed by atoms with Crippen LogP contribution in [-0.4, -0.2) is 34.3 Å². The highest BCUT2D eigenvalue weighted by Gasteiger charge is 2.32. The summed E-state index contributed by atoms with van der Waals surface area (Å²) in [5, 5.41) is 2.99. The maximum absolute atomic E-state index is 14.3. The van der Waals surface area contributed by atoms with Crippen LogP contribution in [0.4, 0.5) is 13.2 Å². The highest BCUT2D eigenvalue weighted by Crippen LogP contribution is 2.36. The molecule has 1 N–H and O–H groups in total. The molecule has 1 fully saturated rings. The maximum Gasteiger partial charge on any atom is 0.220 e. The van der Waals surface area contributed by atoms with Crippen LogP contribution in [0.2, 0.25) is 0 Å². The van der Waals surface area contributed by atoms with E-state index in [1.165, 1.54) is 0 Å². The number of ether oxygens (including phenoxy) is 1. The van der Waals surface area contributed by atoms with E-state index in [9.17, 15) is 18.0 Å². The number of carbonyl (C=O) groups excluding carboxylic acids is 1. The lowest BCUT2D eigenvalue weighted by atomic mass is 9.94. The number of rotatable bonds is 5. The normalized spacial score (nSPS) is 20.9. The molecule has 1 saturated heterocycles. The second-order valence-corrected chi connectivity index (χ2v) is 8.35. The minimum atomic E-state index is -1.14. The molecule has 9 heteroatoms. The smallest absolute Gasteiger partial charge is 0.220 e. The number of fused-ring (bicyclic) bond motifs is 1. The van der Waals surface area contributed by atoms with Gasteiger partial charge in [0.05, 0.1) is 12.6 Å².